The quantitative estimate of drug-likeness (QED) is 0.718. The Morgan fingerprint density at radius 1 is 1.30 bits per heavy atom. The Kier molecular flexibility index (Phi) is 6.07. The molecular weight excluding hydrogens is 340 g/mol. The number of nitrogens with zero attached hydrogens (tertiary/aromatic N) is 1. The van der Waals surface area contributed by atoms with Crippen LogP contribution in [0.3, 0.4) is 0 Å². The maximum atomic E-state index is 12.3. The molecule has 1 amide bonds. The van der Waals surface area contributed by atoms with Gasteiger partial charge in [-0.25, -0.2) is 13.1 Å². The number of hydrogen-bond acceptors (Lipinski definition) is 4. The Morgan fingerprint density at radius 2 is 2.04 bits per heavy atom. The number of aromatic amines is 1. The van der Waals surface area contributed by atoms with Gasteiger partial charge in [0.05, 0.1) is 0 Å². The normalized spacial score (nSPS) is 21.4. The number of carbonyl (C=O) groups is 1. The summed E-state index contributed by atoms with van der Waals surface area (Å²) in [4.78, 5) is 16.9. The molecule has 1 aromatic heterocycles. The van der Waals surface area contributed by atoms with E-state index in [1.54, 1.807) is 4.90 Å². The lowest BCUT2D eigenvalue weighted by molar-refractivity contribution is 0.0787. The number of likely N-dealkylation sites (tertiary alicyclic amines) is 1. The molecule has 2 fully saturated rings. The van der Waals surface area contributed by atoms with Crippen molar-refractivity contribution in [1.29, 1.82) is 0 Å². The minimum atomic E-state index is -3.58. The van der Waals surface area contributed by atoms with Crippen LogP contribution in [-0.2, 0) is 10.0 Å². The summed E-state index contributed by atoms with van der Waals surface area (Å²) >= 11 is 0. The first-order chi connectivity index (χ1) is 10.6. The van der Waals surface area contributed by atoms with Crippen LogP contribution in [0, 0.1) is 0 Å². The van der Waals surface area contributed by atoms with Gasteiger partial charge in [-0.1, -0.05) is 0 Å². The van der Waals surface area contributed by atoms with Gasteiger partial charge in [0.2, 0.25) is 10.0 Å². The van der Waals surface area contributed by atoms with Crippen LogP contribution >= 0.6 is 12.4 Å². The monoisotopic (exact) mass is 362 g/mol. The lowest BCUT2D eigenvalue weighted by Crippen LogP contribution is -2.37. The van der Waals surface area contributed by atoms with Crippen LogP contribution in [0.2, 0.25) is 0 Å². The molecule has 0 spiro atoms. The van der Waals surface area contributed by atoms with E-state index in [0.717, 1.165) is 45.3 Å². The second-order valence-electron chi connectivity index (χ2n) is 5.89. The molecule has 0 aliphatic carbocycles. The summed E-state index contributed by atoms with van der Waals surface area (Å²) in [6.07, 6.45) is 5.45. The number of sulfonamides is 1. The molecule has 1 aromatic rings. The van der Waals surface area contributed by atoms with Crippen LogP contribution in [0.1, 0.15) is 36.2 Å². The fourth-order valence-electron chi connectivity index (χ4n) is 2.97. The predicted octanol–water partition coefficient (Wildman–Crippen LogP) is 0.703. The number of rotatable bonds is 5. The van der Waals surface area contributed by atoms with Gasteiger partial charge >= 0.3 is 0 Å². The zero-order valence-electron chi connectivity index (χ0n) is 12.9. The molecule has 0 bridgehead atoms. The summed E-state index contributed by atoms with van der Waals surface area (Å²) in [5.41, 5.74) is 0.335. The van der Waals surface area contributed by atoms with E-state index in [1.165, 1.54) is 12.3 Å². The highest BCUT2D eigenvalue weighted by molar-refractivity contribution is 7.89. The second kappa shape index (κ2) is 7.65. The summed E-state index contributed by atoms with van der Waals surface area (Å²) < 4.78 is 27.1. The topological polar surface area (TPSA) is 94.3 Å². The van der Waals surface area contributed by atoms with Crippen LogP contribution in [0.25, 0.3) is 0 Å². The maximum Gasteiger partial charge on any atom is 0.270 e. The van der Waals surface area contributed by atoms with Gasteiger partial charge in [-0.3, -0.25) is 4.79 Å². The Bertz CT molecular complexity index is 634. The van der Waals surface area contributed by atoms with Crippen molar-refractivity contribution in [3.63, 3.8) is 0 Å². The molecule has 9 heteroatoms. The van der Waals surface area contributed by atoms with Gasteiger partial charge < -0.3 is 15.2 Å². The standard InChI is InChI=1S/C14H22N4O3S.ClH/c19-14(18-6-1-2-7-18)13-8-12(10-16-13)22(20,21)17-9-11-4-3-5-15-11;/h8,10-11,15-17H,1-7,9H2;1H. The van der Waals surface area contributed by atoms with Gasteiger partial charge in [-0.15, -0.1) is 12.4 Å². The minimum Gasteiger partial charge on any atom is -0.356 e. The van der Waals surface area contributed by atoms with Crippen molar-refractivity contribution in [3.8, 4) is 0 Å². The van der Waals surface area contributed by atoms with Gasteiger partial charge in [0.1, 0.15) is 10.6 Å². The Morgan fingerprint density at radius 3 is 2.70 bits per heavy atom. The molecule has 0 aromatic carbocycles. The number of H-pyrrole nitrogens is 1. The van der Waals surface area contributed by atoms with Crippen molar-refractivity contribution >= 4 is 28.3 Å². The van der Waals surface area contributed by atoms with Crippen LogP contribution in [0.4, 0.5) is 0 Å². The van der Waals surface area contributed by atoms with E-state index < -0.39 is 10.0 Å². The highest BCUT2D eigenvalue weighted by atomic mass is 35.5. The summed E-state index contributed by atoms with van der Waals surface area (Å²) in [7, 11) is -3.58. The van der Waals surface area contributed by atoms with Crippen molar-refractivity contribution in [3.05, 3.63) is 18.0 Å². The molecule has 2 aliphatic heterocycles. The number of halogens is 1. The van der Waals surface area contributed by atoms with E-state index in [9.17, 15) is 13.2 Å². The van der Waals surface area contributed by atoms with Gasteiger partial charge in [0.25, 0.3) is 5.91 Å². The highest BCUT2D eigenvalue weighted by Crippen LogP contribution is 2.16. The maximum absolute atomic E-state index is 12.3. The van der Waals surface area contributed by atoms with Crippen LogP contribution < -0.4 is 10.0 Å². The van der Waals surface area contributed by atoms with E-state index >= 15 is 0 Å². The first-order valence-corrected chi connectivity index (χ1v) is 9.25. The smallest absolute Gasteiger partial charge is 0.270 e. The Hall–Kier alpha value is -1.09. The van der Waals surface area contributed by atoms with E-state index in [-0.39, 0.29) is 29.3 Å². The molecule has 3 N–H and O–H groups in total. The third kappa shape index (κ3) is 4.26. The molecule has 130 valence electrons. The lowest BCUT2D eigenvalue weighted by atomic mass is 10.2. The fourth-order valence-corrected chi connectivity index (χ4v) is 4.04. The van der Waals surface area contributed by atoms with Crippen molar-refractivity contribution in [2.75, 3.05) is 26.2 Å². The van der Waals surface area contributed by atoms with E-state index in [2.05, 4.69) is 15.0 Å². The molecule has 2 aliphatic rings. The number of nitrogens with one attached hydrogen (secondary N) is 3. The minimum absolute atomic E-state index is 0. The number of amides is 1. The molecular formula is C14H23ClN4O3S. The number of aromatic nitrogens is 1. The molecule has 3 heterocycles. The molecule has 1 atom stereocenters. The van der Waals surface area contributed by atoms with Crippen molar-refractivity contribution in [1.82, 2.24) is 19.9 Å². The van der Waals surface area contributed by atoms with Crippen molar-refractivity contribution in [2.45, 2.75) is 36.6 Å². The SMILES string of the molecule is Cl.O=C(c1cc(S(=O)(=O)NCC2CCCN2)c[nH]1)N1CCCC1. The van der Waals surface area contributed by atoms with E-state index in [4.69, 9.17) is 0 Å². The largest absolute Gasteiger partial charge is 0.356 e. The molecule has 23 heavy (non-hydrogen) atoms. The predicted molar refractivity (Wildman–Crippen MR) is 89.4 cm³/mol. The van der Waals surface area contributed by atoms with Crippen molar-refractivity contribution < 1.29 is 13.2 Å². The first kappa shape index (κ1) is 18.3. The molecule has 7 nitrogen and oxygen atoms in total. The Balaban J connectivity index is 0.00000192. The zero-order valence-corrected chi connectivity index (χ0v) is 14.5. The van der Waals surface area contributed by atoms with E-state index in [0.29, 0.717) is 12.2 Å². The molecule has 1 unspecified atom stereocenters. The van der Waals surface area contributed by atoms with E-state index in [1.807, 2.05) is 0 Å². The Labute approximate surface area is 142 Å². The highest BCUT2D eigenvalue weighted by Gasteiger charge is 2.24. The molecule has 3 rings (SSSR count). The van der Waals surface area contributed by atoms with Gasteiger partial charge in [-0.05, 0) is 38.3 Å². The van der Waals surface area contributed by atoms with Gasteiger partial charge in [0, 0.05) is 31.9 Å². The van der Waals surface area contributed by atoms with Crippen molar-refractivity contribution in [2.24, 2.45) is 0 Å². The number of carbonyl (C=O) groups excluding carboxylic acids is 1. The summed E-state index contributed by atoms with van der Waals surface area (Å²) in [5, 5.41) is 3.25. The average Bonchev–Trinajstić information content (AvgIpc) is 3.26. The van der Waals surface area contributed by atoms with Gasteiger partial charge in [0.15, 0.2) is 0 Å². The molecule has 2 saturated heterocycles. The third-order valence-electron chi connectivity index (χ3n) is 4.27. The second-order valence-corrected chi connectivity index (χ2v) is 7.66. The lowest BCUT2D eigenvalue weighted by Gasteiger charge is -2.13. The van der Waals surface area contributed by atoms with Crippen LogP contribution in [0.5, 0.6) is 0 Å². The first-order valence-electron chi connectivity index (χ1n) is 7.77. The average molecular weight is 363 g/mol. The summed E-state index contributed by atoms with van der Waals surface area (Å²) in [6, 6.07) is 1.62. The number of hydrogen-bond donors (Lipinski definition) is 3. The third-order valence-corrected chi connectivity index (χ3v) is 5.68. The molecule has 0 saturated carbocycles. The fraction of sp³-hybridized carbons (Fsp3) is 0.643. The zero-order chi connectivity index (χ0) is 15.6. The summed E-state index contributed by atoms with van der Waals surface area (Å²) in [5.74, 6) is -0.128. The van der Waals surface area contributed by atoms with Crippen LogP contribution in [-0.4, -0.2) is 56.4 Å². The van der Waals surface area contributed by atoms with Crippen LogP contribution in [0.15, 0.2) is 17.2 Å². The molecule has 0 radical (unpaired) electrons. The van der Waals surface area contributed by atoms with Gasteiger partial charge in [-0.2, -0.15) is 0 Å². The summed E-state index contributed by atoms with van der Waals surface area (Å²) in [6.45, 7) is 2.80.